The van der Waals surface area contributed by atoms with Crippen molar-refractivity contribution < 1.29 is 0 Å². The van der Waals surface area contributed by atoms with Gasteiger partial charge in [-0.3, -0.25) is 0 Å². The van der Waals surface area contributed by atoms with E-state index in [2.05, 4.69) is 0 Å². The summed E-state index contributed by atoms with van der Waals surface area (Å²) in [4.78, 5) is 0. The monoisotopic (exact) mass is 310 g/mol. The topological polar surface area (TPSA) is 0 Å². The highest BCUT2D eigenvalue weighted by Gasteiger charge is 2.45. The normalized spacial score (nSPS) is 19.2. The van der Waals surface area contributed by atoms with E-state index in [0.717, 1.165) is 0 Å². The standard InChI is InChI=1S/C25H10/c1-6-7(1)17-9-3-11(9)19-13-5-15(13)20-14-4-12(14)18-10-2-8(10)16(6)21-22(17)24(19)25(20)23(18)21/h1-5H2. The zero-order valence-electron chi connectivity index (χ0n) is 13.5. The molecule has 0 heteroatoms. The molecule has 0 fully saturated rings. The summed E-state index contributed by atoms with van der Waals surface area (Å²) in [6, 6.07) is 0. The van der Waals surface area contributed by atoms with Crippen LogP contribution in [0.1, 0.15) is 55.6 Å². The average molecular weight is 310 g/mol. The van der Waals surface area contributed by atoms with Crippen LogP contribution >= 0.6 is 0 Å². The molecule has 0 unspecified atom stereocenters. The zero-order valence-corrected chi connectivity index (χ0v) is 13.5. The van der Waals surface area contributed by atoms with Gasteiger partial charge in [0.2, 0.25) is 0 Å². The molecule has 0 saturated carbocycles. The Morgan fingerprint density at radius 1 is 0.200 bits per heavy atom. The lowest BCUT2D eigenvalue weighted by Gasteiger charge is -2.03. The molecule has 0 N–H and O–H groups in total. The third kappa shape index (κ3) is 0.698. The molecule has 0 bridgehead atoms. The third-order valence-electron chi connectivity index (χ3n) is 8.48. The average Bonchev–Trinajstić information content (AvgIpc) is 3.41. The summed E-state index contributed by atoms with van der Waals surface area (Å²) in [7, 11) is 0. The molecule has 0 saturated heterocycles. The van der Waals surface area contributed by atoms with E-state index in [0.29, 0.717) is 0 Å². The molecule has 6 aromatic rings. The molecular formula is C25H10. The molecule has 110 valence electrons. The van der Waals surface area contributed by atoms with Gasteiger partial charge in [-0.2, -0.15) is 0 Å². The molecule has 0 nitrogen and oxygen atoms in total. The van der Waals surface area contributed by atoms with Gasteiger partial charge in [0.1, 0.15) is 0 Å². The van der Waals surface area contributed by atoms with E-state index in [1.807, 2.05) is 0 Å². The van der Waals surface area contributed by atoms with E-state index in [1.54, 1.807) is 109 Å². The molecule has 0 spiro atoms. The van der Waals surface area contributed by atoms with Crippen molar-refractivity contribution in [2.75, 3.05) is 0 Å². The van der Waals surface area contributed by atoms with Crippen LogP contribution in [-0.4, -0.2) is 0 Å². The van der Waals surface area contributed by atoms with Crippen molar-refractivity contribution in [1.82, 2.24) is 0 Å². The van der Waals surface area contributed by atoms with Crippen LogP contribution in [0, 0.1) is 0 Å². The first kappa shape index (κ1) is 9.77. The summed E-state index contributed by atoms with van der Waals surface area (Å²) < 4.78 is 0. The van der Waals surface area contributed by atoms with Crippen LogP contribution in [0.4, 0.5) is 0 Å². The van der Waals surface area contributed by atoms with Crippen LogP contribution in [-0.2, 0) is 32.1 Å². The van der Waals surface area contributed by atoms with Gasteiger partial charge >= 0.3 is 0 Å². The third-order valence-corrected chi connectivity index (χ3v) is 8.48. The fraction of sp³-hybridized carbons (Fsp3) is 0.200. The summed E-state index contributed by atoms with van der Waals surface area (Å²) >= 11 is 0. The summed E-state index contributed by atoms with van der Waals surface area (Å²) in [5.41, 5.74) is 17.3. The lowest BCUT2D eigenvalue weighted by Crippen LogP contribution is -1.77. The predicted octanol–water partition coefficient (Wildman–Crippen LogP) is 5.29. The smallest absolute Gasteiger partial charge is 0.000707 e. The van der Waals surface area contributed by atoms with Gasteiger partial charge in [0.25, 0.3) is 0 Å². The molecular weight excluding hydrogens is 300 g/mol. The van der Waals surface area contributed by atoms with Crippen molar-refractivity contribution in [2.24, 2.45) is 0 Å². The van der Waals surface area contributed by atoms with Crippen LogP contribution in [0.2, 0.25) is 0 Å². The Kier molecular flexibility index (Phi) is 0.894. The van der Waals surface area contributed by atoms with Crippen LogP contribution < -0.4 is 0 Å². The first-order valence-corrected chi connectivity index (χ1v) is 9.79. The fourth-order valence-electron chi connectivity index (χ4n) is 7.35. The Labute approximate surface area is 142 Å². The maximum absolute atomic E-state index is 1.73. The van der Waals surface area contributed by atoms with Crippen molar-refractivity contribution >= 4 is 53.9 Å². The Balaban J connectivity index is 1.76. The SMILES string of the molecule is C1c2c1c1c3c(c4c5c(c6c7c(c8c9c(c2c2c1c4c6c82)C9)C7)C5)C3. The summed E-state index contributed by atoms with van der Waals surface area (Å²) in [5, 5.41) is 17.1. The quantitative estimate of drug-likeness (QED) is 0.334. The number of hydrogen-bond donors (Lipinski definition) is 0. The van der Waals surface area contributed by atoms with Crippen LogP contribution in [0.25, 0.3) is 53.9 Å². The number of rotatable bonds is 0. The van der Waals surface area contributed by atoms with Crippen molar-refractivity contribution in [1.29, 1.82) is 0 Å². The second-order valence-corrected chi connectivity index (χ2v) is 9.42. The Bertz CT molecular complexity index is 1380. The predicted molar refractivity (Wildman–Crippen MR) is 102 cm³/mol. The molecule has 11 rings (SSSR count). The summed E-state index contributed by atoms with van der Waals surface area (Å²) in [5.74, 6) is 0. The number of benzene rings is 5. The van der Waals surface area contributed by atoms with Crippen LogP contribution in [0.15, 0.2) is 0 Å². The Hall–Kier alpha value is -2.60. The van der Waals surface area contributed by atoms with Crippen molar-refractivity contribution in [2.45, 2.75) is 32.1 Å². The highest BCUT2D eigenvalue weighted by molar-refractivity contribution is 6.49. The highest BCUT2D eigenvalue weighted by atomic mass is 14.5. The first-order chi connectivity index (χ1) is 12.4. The maximum Gasteiger partial charge on any atom is -0.000707 e. The van der Waals surface area contributed by atoms with Gasteiger partial charge in [0.15, 0.2) is 0 Å². The molecule has 0 atom stereocenters. The van der Waals surface area contributed by atoms with Gasteiger partial charge in [-0.25, -0.2) is 0 Å². The van der Waals surface area contributed by atoms with Gasteiger partial charge in [0.05, 0.1) is 0 Å². The van der Waals surface area contributed by atoms with Gasteiger partial charge in [-0.15, -0.1) is 0 Å². The second-order valence-electron chi connectivity index (χ2n) is 9.42. The molecule has 5 aliphatic rings. The first-order valence-electron chi connectivity index (χ1n) is 9.79. The summed E-state index contributed by atoms with van der Waals surface area (Å²) in [6.45, 7) is 0. The van der Waals surface area contributed by atoms with E-state index in [9.17, 15) is 0 Å². The Morgan fingerprint density at radius 2 is 0.360 bits per heavy atom. The van der Waals surface area contributed by atoms with Crippen molar-refractivity contribution in [3.05, 3.63) is 55.6 Å². The molecule has 0 aromatic heterocycles. The lowest BCUT2D eigenvalue weighted by molar-refractivity contribution is 1.59. The number of fused-ring (bicyclic) bond motifs is 15. The summed E-state index contributed by atoms with van der Waals surface area (Å²) in [6.07, 6.45) is 6.41. The molecule has 25 heavy (non-hydrogen) atoms. The molecule has 0 aliphatic heterocycles. The number of hydrogen-bond acceptors (Lipinski definition) is 0. The van der Waals surface area contributed by atoms with Gasteiger partial charge in [-0.05, 0) is 142 Å². The zero-order chi connectivity index (χ0) is 15.1. The molecule has 5 aliphatic carbocycles. The van der Waals surface area contributed by atoms with E-state index in [4.69, 9.17) is 0 Å². The minimum atomic E-state index is 1.28. The van der Waals surface area contributed by atoms with Gasteiger partial charge in [0, 0.05) is 0 Å². The van der Waals surface area contributed by atoms with Crippen LogP contribution in [0.3, 0.4) is 0 Å². The lowest BCUT2D eigenvalue weighted by atomic mass is 9.99. The van der Waals surface area contributed by atoms with Crippen molar-refractivity contribution in [3.8, 4) is 0 Å². The highest BCUT2D eigenvalue weighted by Crippen LogP contribution is 2.66. The minimum absolute atomic E-state index is 1.28. The van der Waals surface area contributed by atoms with E-state index in [1.165, 1.54) is 32.1 Å². The van der Waals surface area contributed by atoms with Crippen molar-refractivity contribution in [3.63, 3.8) is 0 Å². The maximum atomic E-state index is 1.73. The minimum Gasteiger partial charge on any atom is -0.0312 e. The Morgan fingerprint density at radius 3 is 0.520 bits per heavy atom. The van der Waals surface area contributed by atoms with E-state index >= 15 is 0 Å². The molecule has 0 amide bonds. The second kappa shape index (κ2) is 2.29. The van der Waals surface area contributed by atoms with Gasteiger partial charge in [-0.1, -0.05) is 0 Å². The largest absolute Gasteiger partial charge is 0.0312 e. The van der Waals surface area contributed by atoms with E-state index < -0.39 is 0 Å². The van der Waals surface area contributed by atoms with Crippen LogP contribution in [0.5, 0.6) is 0 Å². The fourth-order valence-corrected chi connectivity index (χ4v) is 7.35. The molecule has 0 radical (unpaired) electrons. The molecule has 0 heterocycles. The molecule has 6 aromatic carbocycles. The van der Waals surface area contributed by atoms with E-state index in [-0.39, 0.29) is 0 Å². The van der Waals surface area contributed by atoms with Gasteiger partial charge < -0.3 is 0 Å².